The van der Waals surface area contributed by atoms with E-state index in [1.54, 1.807) is 0 Å². The molecule has 0 radical (unpaired) electrons. The van der Waals surface area contributed by atoms with E-state index in [2.05, 4.69) is 75.7 Å². The van der Waals surface area contributed by atoms with E-state index < -0.39 is 6.17 Å². The SMILES string of the molecule is Cc1nnc(C(C)C)n1C1CC2CC[C@@H](C1)N2C[C@H]1CN(C(=O)C2CC(F)C2)C[C@@H]1c1ccccc1. The number of benzene rings is 1. The lowest BCUT2D eigenvalue weighted by Crippen LogP contribution is -2.47. The first kappa shape index (κ1) is 24.1. The number of halogens is 1. The zero-order valence-electron chi connectivity index (χ0n) is 21.9. The number of hydrogen-bond acceptors (Lipinski definition) is 4. The Morgan fingerprint density at radius 2 is 1.69 bits per heavy atom. The third kappa shape index (κ3) is 4.27. The summed E-state index contributed by atoms with van der Waals surface area (Å²) < 4.78 is 15.9. The molecule has 2 bridgehead atoms. The second-order valence-corrected chi connectivity index (χ2v) is 12.1. The largest absolute Gasteiger partial charge is 0.341 e. The number of aryl methyl sites for hydroxylation is 1. The molecule has 3 aliphatic heterocycles. The molecular formula is C29H40FN5O. The standard InChI is InChI=1S/C29H40FN5O/c1-18(2)28-32-31-19(3)35(28)26-13-24-9-10-25(14-26)34(24)16-22-15-33(29(36)21-11-23(30)12-21)17-27(22)20-7-5-4-6-8-20/h4-8,18,21-27H,9-17H2,1-3H3/t21?,22-,23?,24+,25?,26?,27-/m1/s1. The molecule has 36 heavy (non-hydrogen) atoms. The average Bonchev–Trinajstić information content (AvgIpc) is 3.51. The van der Waals surface area contributed by atoms with Gasteiger partial charge in [-0.05, 0) is 56.9 Å². The van der Waals surface area contributed by atoms with Gasteiger partial charge in [-0.25, -0.2) is 4.39 Å². The highest BCUT2D eigenvalue weighted by atomic mass is 19.1. The van der Waals surface area contributed by atoms with Crippen molar-refractivity contribution in [3.8, 4) is 0 Å². The molecule has 1 aromatic carbocycles. The first-order chi connectivity index (χ1) is 17.4. The smallest absolute Gasteiger partial charge is 0.225 e. The molecule has 3 saturated heterocycles. The van der Waals surface area contributed by atoms with Crippen molar-refractivity contribution < 1.29 is 9.18 Å². The van der Waals surface area contributed by atoms with Crippen LogP contribution in [0.25, 0.3) is 0 Å². The zero-order valence-corrected chi connectivity index (χ0v) is 21.9. The molecule has 7 heteroatoms. The fourth-order valence-corrected chi connectivity index (χ4v) is 7.58. The number of likely N-dealkylation sites (tertiary alicyclic amines) is 1. The molecule has 1 amide bonds. The van der Waals surface area contributed by atoms with Crippen molar-refractivity contribution >= 4 is 5.91 Å². The zero-order chi connectivity index (χ0) is 25.0. The predicted molar refractivity (Wildman–Crippen MR) is 138 cm³/mol. The Labute approximate surface area is 214 Å². The summed E-state index contributed by atoms with van der Waals surface area (Å²) in [5, 5.41) is 8.92. The second kappa shape index (κ2) is 9.55. The molecular weight excluding hydrogens is 453 g/mol. The molecule has 2 unspecified atom stereocenters. The van der Waals surface area contributed by atoms with Crippen LogP contribution in [0, 0.1) is 18.8 Å². The molecule has 0 spiro atoms. The lowest BCUT2D eigenvalue weighted by Gasteiger charge is -2.42. The molecule has 2 aromatic rings. The number of carbonyl (C=O) groups excluding carboxylic acids is 1. The van der Waals surface area contributed by atoms with Crippen LogP contribution in [-0.4, -0.2) is 68.4 Å². The van der Waals surface area contributed by atoms with Crippen LogP contribution in [0.3, 0.4) is 0 Å². The maximum absolute atomic E-state index is 13.5. The first-order valence-corrected chi connectivity index (χ1v) is 14.0. The van der Waals surface area contributed by atoms with Crippen LogP contribution in [0.2, 0.25) is 0 Å². The number of nitrogens with zero attached hydrogens (tertiary/aromatic N) is 5. The quantitative estimate of drug-likeness (QED) is 0.576. The minimum atomic E-state index is -0.787. The van der Waals surface area contributed by atoms with Crippen LogP contribution in [0.5, 0.6) is 0 Å². The fourth-order valence-electron chi connectivity index (χ4n) is 7.58. The summed E-state index contributed by atoms with van der Waals surface area (Å²) in [5.41, 5.74) is 1.33. The van der Waals surface area contributed by atoms with Gasteiger partial charge in [0.1, 0.15) is 17.8 Å². The number of amides is 1. The summed E-state index contributed by atoms with van der Waals surface area (Å²) in [6.45, 7) is 9.11. The lowest BCUT2D eigenvalue weighted by molar-refractivity contribution is -0.139. The summed E-state index contributed by atoms with van der Waals surface area (Å²) in [6, 6.07) is 12.4. The molecule has 1 aromatic heterocycles. The number of alkyl halides is 1. The maximum Gasteiger partial charge on any atom is 0.225 e. The number of carbonyl (C=O) groups is 1. The number of rotatable bonds is 6. The van der Waals surface area contributed by atoms with Crippen LogP contribution in [0.1, 0.15) is 87.5 Å². The van der Waals surface area contributed by atoms with Crippen LogP contribution in [-0.2, 0) is 4.79 Å². The number of piperidine rings is 1. The average molecular weight is 494 g/mol. The van der Waals surface area contributed by atoms with Gasteiger partial charge in [-0.2, -0.15) is 0 Å². The molecule has 1 saturated carbocycles. The number of aromatic nitrogens is 3. The topological polar surface area (TPSA) is 54.3 Å². The van der Waals surface area contributed by atoms with Gasteiger partial charge in [0, 0.05) is 55.5 Å². The van der Waals surface area contributed by atoms with Crippen LogP contribution in [0.15, 0.2) is 30.3 Å². The van der Waals surface area contributed by atoms with E-state index in [1.807, 2.05) is 0 Å². The monoisotopic (exact) mass is 493 g/mol. The lowest BCUT2D eigenvalue weighted by atomic mass is 9.82. The molecule has 4 fully saturated rings. The molecule has 6 nitrogen and oxygen atoms in total. The van der Waals surface area contributed by atoms with E-state index in [9.17, 15) is 9.18 Å². The predicted octanol–water partition coefficient (Wildman–Crippen LogP) is 4.87. The highest BCUT2D eigenvalue weighted by Crippen LogP contribution is 2.45. The summed E-state index contributed by atoms with van der Waals surface area (Å²) in [6.07, 6.45) is 4.85. The van der Waals surface area contributed by atoms with Crippen molar-refractivity contribution in [1.29, 1.82) is 0 Å². The molecule has 0 N–H and O–H groups in total. The van der Waals surface area contributed by atoms with Gasteiger partial charge >= 0.3 is 0 Å². The minimum Gasteiger partial charge on any atom is -0.341 e. The molecule has 1 aliphatic carbocycles. The summed E-state index contributed by atoms with van der Waals surface area (Å²) in [5.74, 6) is 3.37. The minimum absolute atomic E-state index is 0.107. The van der Waals surface area contributed by atoms with E-state index in [0.717, 1.165) is 44.1 Å². The Kier molecular flexibility index (Phi) is 6.39. The van der Waals surface area contributed by atoms with Crippen LogP contribution >= 0.6 is 0 Å². The van der Waals surface area contributed by atoms with Crippen molar-refractivity contribution in [3.63, 3.8) is 0 Å². The Bertz CT molecular complexity index is 1070. The van der Waals surface area contributed by atoms with Crippen molar-refractivity contribution in [2.24, 2.45) is 11.8 Å². The normalized spacial score (nSPS) is 34.4. The fraction of sp³-hybridized carbons (Fsp3) is 0.690. The van der Waals surface area contributed by atoms with Gasteiger partial charge in [0.2, 0.25) is 5.91 Å². The molecule has 4 heterocycles. The number of fused-ring (bicyclic) bond motifs is 2. The summed E-state index contributed by atoms with van der Waals surface area (Å²) in [4.78, 5) is 18.0. The van der Waals surface area contributed by atoms with E-state index in [1.165, 1.54) is 18.4 Å². The maximum atomic E-state index is 13.5. The van der Waals surface area contributed by atoms with E-state index in [-0.39, 0.29) is 11.8 Å². The molecule has 194 valence electrons. The van der Waals surface area contributed by atoms with Gasteiger partial charge in [-0.1, -0.05) is 44.2 Å². The van der Waals surface area contributed by atoms with Crippen molar-refractivity contribution in [2.45, 2.75) is 95.4 Å². The molecule has 6 rings (SSSR count). The van der Waals surface area contributed by atoms with Gasteiger partial charge in [0.25, 0.3) is 0 Å². The third-order valence-electron chi connectivity index (χ3n) is 9.49. The number of hydrogen-bond donors (Lipinski definition) is 0. The Balaban J connectivity index is 1.19. The molecule has 5 atom stereocenters. The van der Waals surface area contributed by atoms with Gasteiger partial charge in [0.05, 0.1) is 0 Å². The molecule has 4 aliphatic rings. The van der Waals surface area contributed by atoms with Gasteiger partial charge < -0.3 is 9.47 Å². The van der Waals surface area contributed by atoms with Crippen molar-refractivity contribution in [3.05, 3.63) is 47.5 Å². The Hall–Kier alpha value is -2.28. The highest BCUT2D eigenvalue weighted by molar-refractivity contribution is 5.80. The Morgan fingerprint density at radius 1 is 1.00 bits per heavy atom. The van der Waals surface area contributed by atoms with E-state index >= 15 is 0 Å². The van der Waals surface area contributed by atoms with Crippen LogP contribution in [0.4, 0.5) is 4.39 Å². The van der Waals surface area contributed by atoms with Gasteiger partial charge in [-0.15, -0.1) is 10.2 Å². The Morgan fingerprint density at radius 3 is 2.33 bits per heavy atom. The van der Waals surface area contributed by atoms with Gasteiger partial charge in [0.15, 0.2) is 0 Å². The van der Waals surface area contributed by atoms with Gasteiger partial charge in [-0.3, -0.25) is 9.69 Å². The summed E-state index contributed by atoms with van der Waals surface area (Å²) in [7, 11) is 0. The first-order valence-electron chi connectivity index (χ1n) is 14.0. The van der Waals surface area contributed by atoms with E-state index in [0.29, 0.717) is 48.7 Å². The third-order valence-corrected chi connectivity index (χ3v) is 9.49. The van der Waals surface area contributed by atoms with E-state index in [4.69, 9.17) is 0 Å². The highest BCUT2D eigenvalue weighted by Gasteiger charge is 2.47. The van der Waals surface area contributed by atoms with Crippen molar-refractivity contribution in [1.82, 2.24) is 24.6 Å². The van der Waals surface area contributed by atoms with Crippen molar-refractivity contribution in [2.75, 3.05) is 19.6 Å². The summed E-state index contributed by atoms with van der Waals surface area (Å²) >= 11 is 0. The second-order valence-electron chi connectivity index (χ2n) is 12.1. The van der Waals surface area contributed by atoms with Crippen LogP contribution < -0.4 is 0 Å².